The largest absolute Gasteiger partial charge is 0.490 e. The van der Waals surface area contributed by atoms with Crippen LogP contribution in [0.25, 0.3) is 0 Å². The van der Waals surface area contributed by atoms with Crippen LogP contribution >= 0.6 is 11.6 Å². The fourth-order valence-electron chi connectivity index (χ4n) is 9.09. The number of carbonyl (C=O) groups is 2. The molecule has 2 aliphatic carbocycles. The number of aliphatic hydroxyl groups is 1. The molecule has 0 unspecified atom stereocenters. The number of benzene rings is 2. The second-order valence-corrected chi connectivity index (χ2v) is 18.2. The molecule has 5 aliphatic rings. The van der Waals surface area contributed by atoms with Crippen molar-refractivity contribution < 1.29 is 32.6 Å². The van der Waals surface area contributed by atoms with E-state index in [-0.39, 0.29) is 30.2 Å². The summed E-state index contributed by atoms with van der Waals surface area (Å²) in [6.07, 6.45) is 10.2. The fourth-order valence-corrected chi connectivity index (χ4v) is 10.5. The lowest BCUT2D eigenvalue weighted by molar-refractivity contribution is -0.148. The maximum atomic E-state index is 14.2. The number of nitrogens with one attached hydrogen (secondary N) is 1. The summed E-state index contributed by atoms with van der Waals surface area (Å²) in [7, 11) is -0.914. The number of nitrogens with zero attached hydrogens (tertiary/aromatic N) is 3. The van der Waals surface area contributed by atoms with Crippen LogP contribution in [-0.4, -0.2) is 94.1 Å². The van der Waals surface area contributed by atoms with Crippen molar-refractivity contribution in [2.75, 3.05) is 58.4 Å². The normalized spacial score (nSPS) is 30.7. The molecule has 53 heavy (non-hydrogen) atoms. The molecule has 2 N–H and O–H groups in total. The summed E-state index contributed by atoms with van der Waals surface area (Å²) in [5, 5.41) is 13.2. The van der Waals surface area contributed by atoms with Crippen molar-refractivity contribution in [2.24, 2.45) is 17.8 Å². The second-order valence-electron chi connectivity index (χ2n) is 16.1. The minimum absolute atomic E-state index is 0.0675. The summed E-state index contributed by atoms with van der Waals surface area (Å²) in [4.78, 5) is 31.8. The predicted octanol–water partition coefficient (Wildman–Crippen LogP) is 4.94. The molecule has 2 fully saturated rings. The van der Waals surface area contributed by atoms with Crippen LogP contribution in [0.5, 0.6) is 5.75 Å². The van der Waals surface area contributed by atoms with E-state index in [9.17, 15) is 23.1 Å². The van der Waals surface area contributed by atoms with Gasteiger partial charge in [0.1, 0.15) is 5.75 Å². The highest BCUT2D eigenvalue weighted by atomic mass is 35.5. The van der Waals surface area contributed by atoms with E-state index in [0.717, 1.165) is 32.1 Å². The van der Waals surface area contributed by atoms with Crippen molar-refractivity contribution >= 4 is 39.3 Å². The average Bonchev–Trinajstić information content (AvgIpc) is 3.27. The Bertz CT molecular complexity index is 1850. The van der Waals surface area contributed by atoms with E-state index in [1.165, 1.54) is 20.3 Å². The highest BCUT2D eigenvalue weighted by molar-refractivity contribution is 7.87. The van der Waals surface area contributed by atoms with Crippen LogP contribution in [0.15, 0.2) is 48.6 Å². The highest BCUT2D eigenvalue weighted by Gasteiger charge is 2.47. The van der Waals surface area contributed by atoms with Gasteiger partial charge in [0.15, 0.2) is 5.60 Å². The summed E-state index contributed by atoms with van der Waals surface area (Å²) < 4.78 is 43.2. The number of amides is 2. The molecule has 13 heteroatoms. The topological polar surface area (TPSA) is 129 Å². The summed E-state index contributed by atoms with van der Waals surface area (Å²) in [5.74, 6) is -0.0738. The second kappa shape index (κ2) is 15.2. The lowest BCUT2D eigenvalue weighted by atomic mass is 9.68. The minimum atomic E-state index is -4.29. The molecule has 5 atom stereocenters. The van der Waals surface area contributed by atoms with Gasteiger partial charge < -0.3 is 24.4 Å². The highest BCUT2D eigenvalue weighted by Crippen LogP contribution is 2.48. The Morgan fingerprint density at radius 3 is 2.62 bits per heavy atom. The molecule has 1 spiro atoms. The van der Waals surface area contributed by atoms with Crippen LogP contribution in [0.2, 0.25) is 5.02 Å². The SMILES string of the molecule is CO[C@H]1/C=C/CCN(C)C(=O)C[C@](O)(C(=O)NS(=O)(=O)N2CCC(C)CC2)c2ccc3c(c2)N(C[C@@H]2CC[C@H]21)C[C@@]1(CCCc2cc(Cl)ccc21)CO3. The zero-order valence-electron chi connectivity index (χ0n) is 31.1. The van der Waals surface area contributed by atoms with Crippen molar-refractivity contribution in [2.45, 2.75) is 81.8 Å². The number of ether oxygens (including phenoxy) is 2. The molecule has 0 aromatic heterocycles. The van der Waals surface area contributed by atoms with Gasteiger partial charge in [-0.3, -0.25) is 9.59 Å². The Hall–Kier alpha value is -3.16. The molecule has 3 aliphatic heterocycles. The molecular weight excluding hydrogens is 716 g/mol. The smallest absolute Gasteiger partial charge is 0.303 e. The average molecular weight is 769 g/mol. The lowest BCUT2D eigenvalue weighted by Crippen LogP contribution is -2.54. The minimum Gasteiger partial charge on any atom is -0.490 e. The third-order valence-electron chi connectivity index (χ3n) is 12.6. The van der Waals surface area contributed by atoms with Crippen LogP contribution < -0.4 is 14.4 Å². The van der Waals surface area contributed by atoms with Gasteiger partial charge >= 0.3 is 10.2 Å². The molecule has 3 heterocycles. The van der Waals surface area contributed by atoms with Crippen LogP contribution in [0, 0.1) is 17.8 Å². The fraction of sp³-hybridized carbons (Fsp3) is 0.600. The summed E-state index contributed by atoms with van der Waals surface area (Å²) >= 11 is 6.47. The first-order chi connectivity index (χ1) is 25.3. The summed E-state index contributed by atoms with van der Waals surface area (Å²) in [6.45, 7) is 4.71. The van der Waals surface area contributed by atoms with Crippen LogP contribution in [0.4, 0.5) is 5.69 Å². The number of piperidine rings is 1. The number of fused-ring (bicyclic) bond motifs is 4. The van der Waals surface area contributed by atoms with Crippen molar-refractivity contribution in [3.8, 4) is 5.75 Å². The molecule has 11 nitrogen and oxygen atoms in total. The molecule has 1 saturated heterocycles. The number of carbonyl (C=O) groups excluding carboxylic acids is 2. The Morgan fingerprint density at radius 1 is 1.09 bits per heavy atom. The first-order valence-electron chi connectivity index (χ1n) is 19.1. The van der Waals surface area contributed by atoms with Crippen molar-refractivity contribution in [1.29, 1.82) is 0 Å². The molecule has 0 radical (unpaired) electrons. The van der Waals surface area contributed by atoms with E-state index in [4.69, 9.17) is 21.1 Å². The Morgan fingerprint density at radius 2 is 1.89 bits per heavy atom. The predicted molar refractivity (Wildman–Crippen MR) is 204 cm³/mol. The van der Waals surface area contributed by atoms with Gasteiger partial charge in [0.2, 0.25) is 5.91 Å². The quantitative estimate of drug-likeness (QED) is 0.419. The number of anilines is 1. The Labute approximate surface area is 318 Å². The first kappa shape index (κ1) is 38.1. The van der Waals surface area contributed by atoms with Gasteiger partial charge in [-0.25, -0.2) is 4.72 Å². The zero-order chi connectivity index (χ0) is 37.5. The van der Waals surface area contributed by atoms with Gasteiger partial charge in [0.25, 0.3) is 5.91 Å². The van der Waals surface area contributed by atoms with Crippen molar-refractivity contribution in [1.82, 2.24) is 13.9 Å². The standard InChI is InChI=1S/C40H53ClN4O7S/c1-27-15-19-45(20-16-27)53(49,50)42-38(47)40(48)23-37(46)43(2)18-5-4-8-35(51-3)32-12-9-29(32)24-44-25-39(26-52-36-14-10-30(40)22-34(36)44)17-6-7-28-21-31(41)11-13-33(28)39/h4,8,10-11,13-14,21-22,27,29,32,35,48H,5-7,9,12,15-20,23-26H2,1-3H3,(H,42,47)/b8-4+/t29-,32+,35-,39-,40+/m0/s1. The van der Waals surface area contributed by atoms with E-state index >= 15 is 0 Å². The molecule has 2 aromatic carbocycles. The number of rotatable bonds is 4. The molecule has 2 aromatic rings. The molecule has 7 rings (SSSR count). The maximum absolute atomic E-state index is 14.2. The van der Waals surface area contributed by atoms with Crippen LogP contribution in [-0.2, 0) is 42.0 Å². The van der Waals surface area contributed by atoms with E-state index in [1.807, 2.05) is 12.1 Å². The molecule has 288 valence electrons. The van der Waals surface area contributed by atoms with Crippen molar-refractivity contribution in [3.05, 3.63) is 70.3 Å². The van der Waals surface area contributed by atoms with E-state index in [2.05, 4.69) is 34.8 Å². The zero-order valence-corrected chi connectivity index (χ0v) is 32.6. The lowest BCUT2D eigenvalue weighted by Gasteiger charge is -2.46. The maximum Gasteiger partial charge on any atom is 0.303 e. The van der Waals surface area contributed by atoms with Crippen molar-refractivity contribution in [3.63, 3.8) is 0 Å². The number of aryl methyl sites for hydroxylation is 1. The number of methoxy groups -OCH3 is 1. The van der Waals surface area contributed by atoms with Gasteiger partial charge in [-0.05, 0) is 110 Å². The van der Waals surface area contributed by atoms with Gasteiger partial charge in [-0.2, -0.15) is 12.7 Å². The van der Waals surface area contributed by atoms with E-state index in [1.54, 1.807) is 32.4 Å². The summed E-state index contributed by atoms with van der Waals surface area (Å²) in [6, 6.07) is 11.2. The monoisotopic (exact) mass is 768 g/mol. The van der Waals surface area contributed by atoms with Gasteiger partial charge in [-0.15, -0.1) is 0 Å². The first-order valence-corrected chi connectivity index (χ1v) is 20.9. The van der Waals surface area contributed by atoms with Gasteiger partial charge in [0, 0.05) is 57.3 Å². The Kier molecular flexibility index (Phi) is 10.9. The van der Waals surface area contributed by atoms with E-state index < -0.39 is 34.0 Å². The van der Waals surface area contributed by atoms with Gasteiger partial charge in [-0.1, -0.05) is 42.8 Å². The third-order valence-corrected chi connectivity index (χ3v) is 14.3. The third kappa shape index (κ3) is 7.59. The number of hydrogen-bond acceptors (Lipinski definition) is 8. The number of hydrogen-bond donors (Lipinski definition) is 2. The molecule has 2 amide bonds. The molecular formula is C40H53ClN4O7S. The van der Waals surface area contributed by atoms with Gasteiger partial charge in [0.05, 0.1) is 24.8 Å². The summed E-state index contributed by atoms with van der Waals surface area (Å²) in [5.41, 5.74) is 0.432. The molecule has 1 saturated carbocycles. The van der Waals surface area contributed by atoms with Crippen LogP contribution in [0.3, 0.4) is 0 Å². The number of halogens is 1. The van der Waals surface area contributed by atoms with E-state index in [0.29, 0.717) is 79.7 Å². The molecule has 2 bridgehead atoms. The Balaban J connectivity index is 1.31. The van der Waals surface area contributed by atoms with Crippen LogP contribution in [0.1, 0.15) is 75.0 Å².